The molecule has 0 fully saturated rings. The van der Waals surface area contributed by atoms with Gasteiger partial charge in [0.05, 0.1) is 5.69 Å². The van der Waals surface area contributed by atoms with E-state index in [1.165, 1.54) is 46.0 Å². The molecule has 0 aliphatic heterocycles. The quantitative estimate of drug-likeness (QED) is 0.893. The molecule has 2 heterocycles. The maximum Gasteiger partial charge on any atom is 0.125 e. The molecule has 1 aliphatic rings. The van der Waals surface area contributed by atoms with E-state index in [1.807, 2.05) is 11.3 Å². The molecule has 2 aromatic rings. The Morgan fingerprint density at radius 2 is 2.32 bits per heavy atom. The highest BCUT2D eigenvalue weighted by Gasteiger charge is 2.24. The normalized spacial score (nSPS) is 18.5. The van der Waals surface area contributed by atoms with Gasteiger partial charge in [0.2, 0.25) is 0 Å². The van der Waals surface area contributed by atoms with Gasteiger partial charge in [-0.25, -0.2) is 4.98 Å². The van der Waals surface area contributed by atoms with Crippen molar-refractivity contribution in [3.8, 4) is 10.6 Å². The molecule has 3 rings (SSSR count). The van der Waals surface area contributed by atoms with Crippen LogP contribution in [0.15, 0.2) is 10.8 Å². The molecule has 102 valence electrons. The predicted molar refractivity (Wildman–Crippen MR) is 84.1 cm³/mol. The standard InChI is InChI=1S/C15H20N2S2/c1-3-7-16-12-5-4-6-13-14(12)19-15(17-13)11-9-18-8-10(11)2/h8-9,12,16H,3-7H2,1-2H3. The van der Waals surface area contributed by atoms with Gasteiger partial charge < -0.3 is 5.32 Å². The lowest BCUT2D eigenvalue weighted by atomic mass is 9.98. The predicted octanol–water partition coefficient (Wildman–Crippen LogP) is 4.56. The fourth-order valence-corrected chi connectivity index (χ4v) is 4.84. The fraction of sp³-hybridized carbons (Fsp3) is 0.533. The summed E-state index contributed by atoms with van der Waals surface area (Å²) < 4.78 is 0. The van der Waals surface area contributed by atoms with Crippen molar-refractivity contribution in [1.82, 2.24) is 10.3 Å². The Labute approximate surface area is 122 Å². The molecule has 1 atom stereocenters. The van der Waals surface area contributed by atoms with E-state index in [1.54, 1.807) is 11.3 Å². The highest BCUT2D eigenvalue weighted by molar-refractivity contribution is 7.16. The molecule has 19 heavy (non-hydrogen) atoms. The summed E-state index contributed by atoms with van der Waals surface area (Å²) in [6, 6.07) is 0.536. The van der Waals surface area contributed by atoms with Crippen molar-refractivity contribution in [3.63, 3.8) is 0 Å². The van der Waals surface area contributed by atoms with Crippen LogP contribution in [0.2, 0.25) is 0 Å². The van der Waals surface area contributed by atoms with Crippen molar-refractivity contribution in [2.75, 3.05) is 6.54 Å². The van der Waals surface area contributed by atoms with Gasteiger partial charge in [0.1, 0.15) is 5.01 Å². The number of thiazole rings is 1. The van der Waals surface area contributed by atoms with Gasteiger partial charge in [-0.1, -0.05) is 6.92 Å². The number of aryl methyl sites for hydroxylation is 2. The first-order valence-electron chi connectivity index (χ1n) is 7.05. The molecule has 0 spiro atoms. The Kier molecular flexibility index (Phi) is 4.01. The highest BCUT2D eigenvalue weighted by atomic mass is 32.1. The molecule has 0 saturated carbocycles. The van der Waals surface area contributed by atoms with Crippen LogP contribution >= 0.6 is 22.7 Å². The van der Waals surface area contributed by atoms with Gasteiger partial charge in [-0.05, 0) is 50.1 Å². The topological polar surface area (TPSA) is 24.9 Å². The van der Waals surface area contributed by atoms with E-state index in [-0.39, 0.29) is 0 Å². The second-order valence-electron chi connectivity index (χ2n) is 5.20. The Balaban J connectivity index is 1.91. The molecule has 1 N–H and O–H groups in total. The number of hydrogen-bond donors (Lipinski definition) is 1. The second-order valence-corrected chi connectivity index (χ2v) is 6.97. The van der Waals surface area contributed by atoms with E-state index in [0.29, 0.717) is 6.04 Å². The first kappa shape index (κ1) is 13.3. The average Bonchev–Trinajstić information content (AvgIpc) is 3.01. The minimum absolute atomic E-state index is 0.536. The second kappa shape index (κ2) is 5.73. The summed E-state index contributed by atoms with van der Waals surface area (Å²) in [6.07, 6.45) is 4.87. The van der Waals surface area contributed by atoms with Crippen LogP contribution in [0, 0.1) is 6.92 Å². The minimum atomic E-state index is 0.536. The maximum absolute atomic E-state index is 4.90. The van der Waals surface area contributed by atoms with Gasteiger partial charge in [0, 0.05) is 21.9 Å². The zero-order valence-electron chi connectivity index (χ0n) is 11.5. The monoisotopic (exact) mass is 292 g/mol. The molecule has 0 radical (unpaired) electrons. The van der Waals surface area contributed by atoms with Gasteiger partial charge in [0.15, 0.2) is 0 Å². The van der Waals surface area contributed by atoms with Crippen LogP contribution < -0.4 is 5.32 Å². The molecular formula is C15H20N2S2. The van der Waals surface area contributed by atoms with Crippen molar-refractivity contribution >= 4 is 22.7 Å². The van der Waals surface area contributed by atoms with Crippen LogP contribution in [0.5, 0.6) is 0 Å². The van der Waals surface area contributed by atoms with Gasteiger partial charge in [0.25, 0.3) is 0 Å². The van der Waals surface area contributed by atoms with Gasteiger partial charge >= 0.3 is 0 Å². The largest absolute Gasteiger partial charge is 0.309 e. The third kappa shape index (κ3) is 2.62. The van der Waals surface area contributed by atoms with Crippen LogP contribution in [0.25, 0.3) is 10.6 Å². The molecule has 2 nitrogen and oxygen atoms in total. The number of nitrogens with zero attached hydrogens (tertiary/aromatic N) is 1. The van der Waals surface area contributed by atoms with Crippen LogP contribution in [0.4, 0.5) is 0 Å². The molecule has 0 bridgehead atoms. The summed E-state index contributed by atoms with van der Waals surface area (Å²) in [5, 5.41) is 9.33. The number of nitrogens with one attached hydrogen (secondary N) is 1. The van der Waals surface area contributed by atoms with Crippen LogP contribution in [0.3, 0.4) is 0 Å². The molecular weight excluding hydrogens is 272 g/mol. The Morgan fingerprint density at radius 1 is 1.42 bits per heavy atom. The molecule has 1 aliphatic carbocycles. The summed E-state index contributed by atoms with van der Waals surface area (Å²) in [7, 11) is 0. The van der Waals surface area contributed by atoms with E-state index in [2.05, 4.69) is 29.9 Å². The van der Waals surface area contributed by atoms with E-state index >= 15 is 0 Å². The van der Waals surface area contributed by atoms with E-state index in [9.17, 15) is 0 Å². The number of thiophene rings is 1. The smallest absolute Gasteiger partial charge is 0.125 e. The first-order valence-corrected chi connectivity index (χ1v) is 8.81. The summed E-state index contributed by atoms with van der Waals surface area (Å²) >= 11 is 3.67. The number of aromatic nitrogens is 1. The molecule has 4 heteroatoms. The van der Waals surface area contributed by atoms with Crippen molar-refractivity contribution in [3.05, 3.63) is 26.9 Å². The summed E-state index contributed by atoms with van der Waals surface area (Å²) in [5.74, 6) is 0. The van der Waals surface area contributed by atoms with Gasteiger partial charge in [-0.15, -0.1) is 11.3 Å². The Hall–Kier alpha value is -0.710. The first-order chi connectivity index (χ1) is 9.29. The molecule has 1 unspecified atom stereocenters. The van der Waals surface area contributed by atoms with Crippen molar-refractivity contribution in [2.45, 2.75) is 45.6 Å². The molecule has 0 saturated heterocycles. The number of hydrogen-bond acceptors (Lipinski definition) is 4. The number of fused-ring (bicyclic) bond motifs is 1. The zero-order valence-corrected chi connectivity index (χ0v) is 13.2. The Morgan fingerprint density at radius 3 is 3.05 bits per heavy atom. The summed E-state index contributed by atoms with van der Waals surface area (Å²) in [4.78, 5) is 6.38. The van der Waals surface area contributed by atoms with Crippen molar-refractivity contribution < 1.29 is 0 Å². The lowest BCUT2D eigenvalue weighted by Gasteiger charge is -2.22. The fourth-order valence-electron chi connectivity index (χ4n) is 2.63. The van der Waals surface area contributed by atoms with E-state index in [4.69, 9.17) is 4.98 Å². The summed E-state index contributed by atoms with van der Waals surface area (Å²) in [6.45, 7) is 5.51. The number of rotatable bonds is 4. The van der Waals surface area contributed by atoms with Gasteiger partial charge in [-0.2, -0.15) is 11.3 Å². The Bertz CT molecular complexity index is 556. The molecule has 0 aromatic carbocycles. The molecule has 0 amide bonds. The third-order valence-corrected chi connectivity index (χ3v) is 5.78. The van der Waals surface area contributed by atoms with Crippen molar-refractivity contribution in [2.24, 2.45) is 0 Å². The van der Waals surface area contributed by atoms with E-state index in [0.717, 1.165) is 13.0 Å². The van der Waals surface area contributed by atoms with Gasteiger partial charge in [-0.3, -0.25) is 0 Å². The lowest BCUT2D eigenvalue weighted by Crippen LogP contribution is -2.24. The summed E-state index contributed by atoms with van der Waals surface area (Å²) in [5.41, 5.74) is 4.03. The van der Waals surface area contributed by atoms with Crippen LogP contribution in [-0.2, 0) is 6.42 Å². The van der Waals surface area contributed by atoms with E-state index < -0.39 is 0 Å². The lowest BCUT2D eigenvalue weighted by molar-refractivity contribution is 0.465. The average molecular weight is 292 g/mol. The SMILES string of the molecule is CCCNC1CCCc2nc(-c3cscc3C)sc21. The maximum atomic E-state index is 4.90. The minimum Gasteiger partial charge on any atom is -0.309 e. The third-order valence-electron chi connectivity index (χ3n) is 3.68. The van der Waals surface area contributed by atoms with Crippen LogP contribution in [0.1, 0.15) is 48.4 Å². The molecule has 2 aromatic heterocycles. The highest BCUT2D eigenvalue weighted by Crippen LogP contribution is 2.39. The zero-order chi connectivity index (χ0) is 13.2. The van der Waals surface area contributed by atoms with Crippen LogP contribution in [-0.4, -0.2) is 11.5 Å². The van der Waals surface area contributed by atoms with Crippen molar-refractivity contribution in [1.29, 1.82) is 0 Å².